The van der Waals surface area contributed by atoms with E-state index in [-0.39, 0.29) is 12.1 Å². The first-order valence-electron chi connectivity index (χ1n) is 7.23. The fourth-order valence-electron chi connectivity index (χ4n) is 2.20. The Morgan fingerprint density at radius 2 is 1.96 bits per heavy atom. The summed E-state index contributed by atoms with van der Waals surface area (Å²) in [5, 5.41) is 2.70. The summed E-state index contributed by atoms with van der Waals surface area (Å²) in [4.78, 5) is 17.7. The summed E-state index contributed by atoms with van der Waals surface area (Å²) >= 11 is 2.48. The van der Waals surface area contributed by atoms with Gasteiger partial charge in [0.1, 0.15) is 4.83 Å². The van der Waals surface area contributed by atoms with Crippen LogP contribution in [0.4, 0.5) is 8.78 Å². The van der Waals surface area contributed by atoms with E-state index in [1.54, 1.807) is 17.5 Å². The fourth-order valence-corrected chi connectivity index (χ4v) is 4.62. The maximum absolute atomic E-state index is 12.6. The van der Waals surface area contributed by atoms with Crippen molar-refractivity contribution in [3.8, 4) is 0 Å². The molecule has 0 spiro atoms. The molecule has 0 amide bonds. The molecule has 0 aliphatic rings. The van der Waals surface area contributed by atoms with Gasteiger partial charge in [-0.15, -0.1) is 17.9 Å². The van der Waals surface area contributed by atoms with E-state index in [2.05, 4.69) is 11.6 Å². The van der Waals surface area contributed by atoms with Gasteiger partial charge in [0.25, 0.3) is 5.56 Å². The highest BCUT2D eigenvalue weighted by Crippen LogP contribution is 2.29. The molecular formula is C16H12F2N2O3S3. The van der Waals surface area contributed by atoms with Crippen molar-refractivity contribution in [2.75, 3.05) is 0 Å². The average Bonchev–Trinajstić information content (AvgIpc) is 3.07. The lowest BCUT2D eigenvalue weighted by Gasteiger charge is -2.10. The zero-order chi connectivity index (χ0) is 18.9. The van der Waals surface area contributed by atoms with Crippen LogP contribution in [0.1, 0.15) is 0 Å². The van der Waals surface area contributed by atoms with Gasteiger partial charge < -0.3 is 0 Å². The van der Waals surface area contributed by atoms with Gasteiger partial charge in [-0.25, -0.2) is 13.4 Å². The van der Waals surface area contributed by atoms with Crippen molar-refractivity contribution in [3.63, 3.8) is 0 Å². The van der Waals surface area contributed by atoms with Crippen LogP contribution in [0.5, 0.6) is 0 Å². The molecule has 3 aromatic rings. The van der Waals surface area contributed by atoms with Gasteiger partial charge in [0.15, 0.2) is 5.16 Å². The van der Waals surface area contributed by atoms with Gasteiger partial charge in [-0.05, 0) is 35.7 Å². The molecule has 0 saturated carbocycles. The summed E-state index contributed by atoms with van der Waals surface area (Å²) in [5.41, 5.74) is -0.199. The van der Waals surface area contributed by atoms with Crippen molar-refractivity contribution in [3.05, 3.63) is 58.7 Å². The Morgan fingerprint density at radius 3 is 2.58 bits per heavy atom. The highest BCUT2D eigenvalue weighted by molar-refractivity contribution is 7.99. The third kappa shape index (κ3) is 3.44. The smallest absolute Gasteiger partial charge is 0.283 e. The Morgan fingerprint density at radius 1 is 1.27 bits per heavy atom. The topological polar surface area (TPSA) is 69.0 Å². The molecule has 0 radical (unpaired) electrons. The minimum absolute atomic E-state index is 0.199. The van der Waals surface area contributed by atoms with Gasteiger partial charge in [-0.3, -0.25) is 9.36 Å². The van der Waals surface area contributed by atoms with Crippen LogP contribution in [0.2, 0.25) is 0 Å². The largest absolute Gasteiger partial charge is 0.341 e. The Bertz CT molecular complexity index is 1120. The summed E-state index contributed by atoms with van der Waals surface area (Å²) < 4.78 is 49.6. The van der Waals surface area contributed by atoms with Gasteiger partial charge in [-0.2, -0.15) is 8.78 Å². The second-order valence-electron chi connectivity index (χ2n) is 5.12. The maximum Gasteiger partial charge on any atom is 0.341 e. The SMILES string of the molecule is C=CCn1c(Sc2ccc(S(=O)(=O)C(F)F)cc2)nc2sccc2c1=O. The summed E-state index contributed by atoms with van der Waals surface area (Å²) in [6, 6.07) is 6.74. The second-order valence-corrected chi connectivity index (χ2v) is 8.97. The zero-order valence-electron chi connectivity index (χ0n) is 13.1. The summed E-state index contributed by atoms with van der Waals surface area (Å²) in [7, 11) is -4.64. The normalized spacial score (nSPS) is 12.0. The molecule has 0 unspecified atom stereocenters. The number of alkyl halides is 2. The predicted molar refractivity (Wildman–Crippen MR) is 97.8 cm³/mol. The van der Waals surface area contributed by atoms with Gasteiger partial charge in [0, 0.05) is 11.4 Å². The van der Waals surface area contributed by atoms with Crippen molar-refractivity contribution >= 4 is 43.2 Å². The first-order valence-corrected chi connectivity index (χ1v) is 10.5. The minimum Gasteiger partial charge on any atom is -0.283 e. The molecule has 0 saturated heterocycles. The van der Waals surface area contributed by atoms with E-state index in [0.29, 0.717) is 20.3 Å². The molecule has 0 atom stereocenters. The van der Waals surface area contributed by atoms with Crippen LogP contribution in [-0.2, 0) is 16.4 Å². The molecule has 2 heterocycles. The first kappa shape index (κ1) is 18.7. The lowest BCUT2D eigenvalue weighted by Crippen LogP contribution is -2.22. The molecule has 0 fully saturated rings. The number of thiophene rings is 1. The first-order chi connectivity index (χ1) is 12.3. The zero-order valence-corrected chi connectivity index (χ0v) is 15.6. The average molecular weight is 414 g/mol. The van der Waals surface area contributed by atoms with Crippen LogP contribution in [0.25, 0.3) is 10.2 Å². The molecule has 0 aliphatic heterocycles. The van der Waals surface area contributed by atoms with E-state index in [1.165, 1.54) is 28.0 Å². The Hall–Kier alpha value is -2.04. The van der Waals surface area contributed by atoms with Crippen LogP contribution in [0, 0.1) is 0 Å². The second kappa shape index (κ2) is 7.29. The van der Waals surface area contributed by atoms with Crippen LogP contribution >= 0.6 is 23.1 Å². The molecule has 1 aromatic carbocycles. The molecule has 3 rings (SSSR count). The van der Waals surface area contributed by atoms with Crippen molar-refractivity contribution in [1.29, 1.82) is 0 Å². The van der Waals surface area contributed by atoms with Gasteiger partial charge in [0.05, 0.1) is 10.3 Å². The molecule has 2 aromatic heterocycles. The number of allylic oxidation sites excluding steroid dienone is 1. The van der Waals surface area contributed by atoms with Gasteiger partial charge in [-0.1, -0.05) is 17.8 Å². The number of nitrogens with zero attached hydrogens (tertiary/aromatic N) is 2. The van der Waals surface area contributed by atoms with E-state index >= 15 is 0 Å². The van der Waals surface area contributed by atoms with E-state index in [9.17, 15) is 22.0 Å². The van der Waals surface area contributed by atoms with Crippen molar-refractivity contribution in [2.24, 2.45) is 0 Å². The van der Waals surface area contributed by atoms with Crippen LogP contribution in [0.3, 0.4) is 0 Å². The summed E-state index contributed by atoms with van der Waals surface area (Å²) in [6.07, 6.45) is 1.57. The third-order valence-corrected chi connectivity index (χ3v) is 6.66. The number of fused-ring (bicyclic) bond motifs is 1. The molecule has 5 nitrogen and oxygen atoms in total. The molecule has 0 N–H and O–H groups in total. The monoisotopic (exact) mass is 414 g/mol. The lowest BCUT2D eigenvalue weighted by atomic mass is 10.4. The highest BCUT2D eigenvalue weighted by atomic mass is 32.2. The van der Waals surface area contributed by atoms with E-state index in [0.717, 1.165) is 23.9 Å². The quantitative estimate of drug-likeness (QED) is 0.453. The number of halogens is 2. The number of rotatable bonds is 6. The predicted octanol–water partition coefficient (Wildman–Crippen LogP) is 3.79. The number of sulfone groups is 1. The van der Waals surface area contributed by atoms with E-state index in [1.807, 2.05) is 0 Å². The maximum atomic E-state index is 12.6. The number of hydrogen-bond donors (Lipinski definition) is 0. The Kier molecular flexibility index (Phi) is 5.26. The molecule has 0 bridgehead atoms. The molecule has 10 heteroatoms. The van der Waals surface area contributed by atoms with Crippen molar-refractivity contribution in [1.82, 2.24) is 9.55 Å². The summed E-state index contributed by atoms with van der Waals surface area (Å²) in [5.74, 6) is -3.47. The van der Waals surface area contributed by atoms with Crippen LogP contribution in [0.15, 0.2) is 68.1 Å². The van der Waals surface area contributed by atoms with Crippen molar-refractivity contribution < 1.29 is 17.2 Å². The number of hydrogen-bond acceptors (Lipinski definition) is 6. The minimum atomic E-state index is -4.64. The third-order valence-electron chi connectivity index (χ3n) is 3.46. The van der Waals surface area contributed by atoms with Gasteiger partial charge >= 0.3 is 5.76 Å². The van der Waals surface area contributed by atoms with Gasteiger partial charge in [0.2, 0.25) is 9.84 Å². The summed E-state index contributed by atoms with van der Waals surface area (Å²) in [6.45, 7) is 3.90. The van der Waals surface area contributed by atoms with E-state index in [4.69, 9.17) is 0 Å². The standard InChI is InChI=1S/C16H12F2N2O3S3/c1-2-8-20-14(21)12-7-9-24-13(12)19-16(20)25-10-3-5-11(6-4-10)26(22,23)15(17)18/h2-7,9,15H,1,8H2. The van der Waals surface area contributed by atoms with Crippen LogP contribution < -0.4 is 5.56 Å². The molecular weight excluding hydrogens is 402 g/mol. The molecule has 26 heavy (non-hydrogen) atoms. The number of benzene rings is 1. The van der Waals surface area contributed by atoms with Crippen LogP contribution in [-0.4, -0.2) is 23.7 Å². The molecule has 0 aliphatic carbocycles. The van der Waals surface area contributed by atoms with E-state index < -0.39 is 20.5 Å². The highest BCUT2D eigenvalue weighted by Gasteiger charge is 2.26. The number of aromatic nitrogens is 2. The molecule has 136 valence electrons. The Labute approximate surface area is 155 Å². The Balaban J connectivity index is 2.00. The van der Waals surface area contributed by atoms with Crippen molar-refractivity contribution in [2.45, 2.75) is 27.2 Å². The lowest BCUT2D eigenvalue weighted by molar-refractivity contribution is 0.234. The fraction of sp³-hybridized carbons (Fsp3) is 0.125.